The molecule has 0 aromatic heterocycles. The second-order valence-corrected chi connectivity index (χ2v) is 6.73. The monoisotopic (exact) mass is 327 g/mol. The second-order valence-electron chi connectivity index (χ2n) is 6.73. The van der Waals surface area contributed by atoms with E-state index in [0.717, 1.165) is 11.1 Å². The van der Waals surface area contributed by atoms with Gasteiger partial charge in [0.25, 0.3) is 0 Å². The van der Waals surface area contributed by atoms with Crippen molar-refractivity contribution in [3.05, 3.63) is 71.8 Å². The van der Waals surface area contributed by atoms with Crippen LogP contribution in [-0.2, 0) is 4.74 Å². The number of carbonyl (C=O) groups is 1. The molecule has 0 heterocycles. The minimum absolute atomic E-state index is 0.162. The van der Waals surface area contributed by atoms with E-state index in [1.165, 1.54) is 0 Å². The molecule has 0 spiro atoms. The number of hydrogen-bond acceptors (Lipinski definition) is 3. The Balaban J connectivity index is 2.29. The lowest BCUT2D eigenvalue weighted by atomic mass is 9.85. The van der Waals surface area contributed by atoms with E-state index in [1.54, 1.807) is 0 Å². The van der Waals surface area contributed by atoms with Gasteiger partial charge in [-0.1, -0.05) is 60.7 Å². The summed E-state index contributed by atoms with van der Waals surface area (Å²) in [6.07, 6.45) is -0.529. The van der Waals surface area contributed by atoms with Gasteiger partial charge in [0.1, 0.15) is 5.60 Å². The van der Waals surface area contributed by atoms with Crippen LogP contribution < -0.4 is 5.32 Å². The standard InChI is InChI=1S/C20H25NO3/c1-20(2,3)24-19(23)21-17(14-22)18(15-10-6-4-7-11-15)16-12-8-5-9-13-16/h4-13,17-18,22H,14H2,1-3H3,(H,21,23)/t17-/m1/s1. The molecule has 4 heteroatoms. The molecule has 1 amide bonds. The van der Waals surface area contributed by atoms with Gasteiger partial charge in [0.15, 0.2) is 0 Å². The van der Waals surface area contributed by atoms with Crippen molar-refractivity contribution in [2.24, 2.45) is 0 Å². The Hall–Kier alpha value is -2.33. The lowest BCUT2D eigenvalue weighted by molar-refractivity contribution is 0.0476. The predicted octanol–water partition coefficient (Wildman–Crippen LogP) is 3.70. The molecule has 2 aromatic rings. The molecular weight excluding hydrogens is 302 g/mol. The van der Waals surface area contributed by atoms with Gasteiger partial charge in [-0.2, -0.15) is 0 Å². The van der Waals surface area contributed by atoms with Gasteiger partial charge in [-0.15, -0.1) is 0 Å². The molecule has 0 aliphatic rings. The van der Waals surface area contributed by atoms with Gasteiger partial charge in [-0.3, -0.25) is 0 Å². The number of aliphatic hydroxyl groups is 1. The van der Waals surface area contributed by atoms with Crippen LogP contribution in [0.1, 0.15) is 37.8 Å². The predicted molar refractivity (Wildman–Crippen MR) is 95.0 cm³/mol. The first-order valence-corrected chi connectivity index (χ1v) is 8.11. The number of benzene rings is 2. The lowest BCUT2D eigenvalue weighted by Gasteiger charge is -2.29. The van der Waals surface area contributed by atoms with Crippen LogP contribution in [0.15, 0.2) is 60.7 Å². The quantitative estimate of drug-likeness (QED) is 0.880. The fraction of sp³-hybridized carbons (Fsp3) is 0.350. The number of amides is 1. The number of carbonyl (C=O) groups excluding carboxylic acids is 1. The molecule has 0 unspecified atom stereocenters. The van der Waals surface area contributed by atoms with E-state index in [4.69, 9.17) is 4.74 Å². The van der Waals surface area contributed by atoms with E-state index in [1.807, 2.05) is 81.4 Å². The third-order valence-electron chi connectivity index (χ3n) is 3.62. The zero-order valence-electron chi connectivity index (χ0n) is 14.4. The highest BCUT2D eigenvalue weighted by Gasteiger charge is 2.27. The summed E-state index contributed by atoms with van der Waals surface area (Å²) in [7, 11) is 0. The maximum absolute atomic E-state index is 12.2. The maximum atomic E-state index is 12.2. The normalized spacial score (nSPS) is 12.7. The largest absolute Gasteiger partial charge is 0.444 e. The first-order valence-electron chi connectivity index (χ1n) is 8.11. The Labute approximate surface area is 143 Å². The van der Waals surface area contributed by atoms with Crippen molar-refractivity contribution in [2.75, 3.05) is 6.61 Å². The van der Waals surface area contributed by atoms with Crippen LogP contribution in [0.25, 0.3) is 0 Å². The summed E-state index contributed by atoms with van der Waals surface area (Å²) in [5.41, 5.74) is 1.47. The van der Waals surface area contributed by atoms with E-state index >= 15 is 0 Å². The van der Waals surface area contributed by atoms with Gasteiger partial charge in [0.05, 0.1) is 12.6 Å². The van der Waals surface area contributed by atoms with Crippen molar-refractivity contribution in [3.8, 4) is 0 Å². The van der Waals surface area contributed by atoms with Crippen LogP contribution >= 0.6 is 0 Å². The summed E-state index contributed by atoms with van der Waals surface area (Å²) in [5.74, 6) is -0.162. The Bertz CT molecular complexity index is 595. The molecule has 2 aromatic carbocycles. The zero-order chi connectivity index (χ0) is 17.6. The Kier molecular flexibility index (Phi) is 5.99. The number of nitrogens with one attached hydrogen (secondary N) is 1. The lowest BCUT2D eigenvalue weighted by Crippen LogP contribution is -2.44. The molecule has 0 radical (unpaired) electrons. The third kappa shape index (κ3) is 5.10. The highest BCUT2D eigenvalue weighted by molar-refractivity contribution is 5.68. The first-order chi connectivity index (χ1) is 11.4. The van der Waals surface area contributed by atoms with Crippen LogP contribution in [0.2, 0.25) is 0 Å². The number of alkyl carbamates (subject to hydrolysis) is 1. The van der Waals surface area contributed by atoms with E-state index in [-0.39, 0.29) is 12.5 Å². The molecule has 1 atom stereocenters. The number of ether oxygens (including phenoxy) is 1. The molecule has 0 aliphatic carbocycles. The molecule has 0 bridgehead atoms. The van der Waals surface area contributed by atoms with Gasteiger partial charge in [0.2, 0.25) is 0 Å². The van der Waals surface area contributed by atoms with Crippen LogP contribution in [0.3, 0.4) is 0 Å². The van der Waals surface area contributed by atoms with Crippen molar-refractivity contribution < 1.29 is 14.6 Å². The third-order valence-corrected chi connectivity index (χ3v) is 3.62. The minimum Gasteiger partial charge on any atom is -0.444 e. The first kappa shape index (κ1) is 18.0. The van der Waals surface area contributed by atoms with Gasteiger partial charge in [0, 0.05) is 5.92 Å². The second kappa shape index (κ2) is 7.97. The molecule has 0 fully saturated rings. The molecule has 4 nitrogen and oxygen atoms in total. The Morgan fingerprint density at radius 1 is 1.00 bits per heavy atom. The molecule has 2 rings (SSSR count). The molecule has 0 aliphatic heterocycles. The molecule has 2 N–H and O–H groups in total. The van der Waals surface area contributed by atoms with Crippen LogP contribution in [0.5, 0.6) is 0 Å². The van der Waals surface area contributed by atoms with Crippen molar-refractivity contribution >= 4 is 6.09 Å². The maximum Gasteiger partial charge on any atom is 0.407 e. The highest BCUT2D eigenvalue weighted by atomic mass is 16.6. The minimum atomic E-state index is -0.584. The fourth-order valence-electron chi connectivity index (χ4n) is 2.67. The van der Waals surface area contributed by atoms with Crippen molar-refractivity contribution in [1.82, 2.24) is 5.32 Å². The number of rotatable bonds is 5. The van der Waals surface area contributed by atoms with Crippen LogP contribution in [0, 0.1) is 0 Å². The van der Waals surface area contributed by atoms with Crippen molar-refractivity contribution in [1.29, 1.82) is 0 Å². The smallest absolute Gasteiger partial charge is 0.407 e. The summed E-state index contributed by atoms with van der Waals surface area (Å²) < 4.78 is 5.33. The average molecular weight is 327 g/mol. The summed E-state index contributed by atoms with van der Waals surface area (Å²) in [5, 5.41) is 12.7. The topological polar surface area (TPSA) is 58.6 Å². The van der Waals surface area contributed by atoms with E-state index in [9.17, 15) is 9.90 Å². The summed E-state index contributed by atoms with van der Waals surface area (Å²) in [6.45, 7) is 5.25. The Morgan fingerprint density at radius 2 is 1.46 bits per heavy atom. The molecule has 0 saturated heterocycles. The van der Waals surface area contributed by atoms with Crippen LogP contribution in [-0.4, -0.2) is 29.4 Å². The summed E-state index contributed by atoms with van der Waals surface area (Å²) >= 11 is 0. The van der Waals surface area contributed by atoms with Crippen molar-refractivity contribution in [2.45, 2.75) is 38.3 Å². The number of hydrogen-bond donors (Lipinski definition) is 2. The zero-order valence-corrected chi connectivity index (χ0v) is 14.4. The van der Waals surface area contributed by atoms with Gasteiger partial charge in [-0.25, -0.2) is 4.79 Å². The molecule has 0 saturated carbocycles. The van der Waals surface area contributed by atoms with Crippen molar-refractivity contribution in [3.63, 3.8) is 0 Å². The van der Waals surface area contributed by atoms with Gasteiger partial charge >= 0.3 is 6.09 Å². The molecule has 128 valence electrons. The summed E-state index contributed by atoms with van der Waals surface area (Å²) in [6, 6.07) is 19.2. The van der Waals surface area contributed by atoms with Crippen LogP contribution in [0.4, 0.5) is 4.79 Å². The molecular formula is C20H25NO3. The highest BCUT2D eigenvalue weighted by Crippen LogP contribution is 2.28. The average Bonchev–Trinajstić information content (AvgIpc) is 2.54. The van der Waals surface area contributed by atoms with E-state index in [0.29, 0.717) is 0 Å². The van der Waals surface area contributed by atoms with Gasteiger partial charge < -0.3 is 15.2 Å². The van der Waals surface area contributed by atoms with E-state index in [2.05, 4.69) is 5.32 Å². The number of aliphatic hydroxyl groups excluding tert-OH is 1. The summed E-state index contributed by atoms with van der Waals surface area (Å²) in [4.78, 5) is 12.2. The SMILES string of the molecule is CC(C)(C)OC(=O)N[C@H](CO)C(c1ccccc1)c1ccccc1. The fourth-order valence-corrected chi connectivity index (χ4v) is 2.67. The molecule has 24 heavy (non-hydrogen) atoms. The van der Waals surface area contributed by atoms with Gasteiger partial charge in [-0.05, 0) is 31.9 Å². The van der Waals surface area contributed by atoms with E-state index < -0.39 is 17.7 Å². The Morgan fingerprint density at radius 3 is 1.83 bits per heavy atom.